The van der Waals surface area contributed by atoms with Gasteiger partial charge in [0.1, 0.15) is 0 Å². The van der Waals surface area contributed by atoms with Gasteiger partial charge in [0.05, 0.1) is 0 Å². The van der Waals surface area contributed by atoms with Crippen molar-refractivity contribution in [1.29, 1.82) is 0 Å². The number of para-hydroxylation sites is 2. The molecule has 0 aliphatic carbocycles. The molecule has 0 heterocycles. The summed E-state index contributed by atoms with van der Waals surface area (Å²) in [6.07, 6.45) is 0. The number of amides is 2. The Morgan fingerprint density at radius 2 is 0.812 bits per heavy atom. The second kappa shape index (κ2) is 11.3. The third-order valence-corrected chi connectivity index (χ3v) is 16.3. The zero-order valence-electron chi connectivity index (χ0n) is 17.0. The van der Waals surface area contributed by atoms with Crippen LogP contribution in [0.15, 0.2) is 109 Å². The van der Waals surface area contributed by atoms with Gasteiger partial charge in [-0.15, -0.1) is 0 Å². The van der Waals surface area contributed by atoms with E-state index in [1.807, 2.05) is 97.1 Å². The van der Waals surface area contributed by atoms with Crippen molar-refractivity contribution in [2.45, 2.75) is 0 Å². The summed E-state index contributed by atoms with van der Waals surface area (Å²) in [5.41, 5.74) is 3.07. The molecule has 6 heteroatoms. The summed E-state index contributed by atoms with van der Waals surface area (Å²) >= 11 is -1.04. The zero-order valence-corrected chi connectivity index (χ0v) is 21.7. The molecule has 2 N–H and O–H groups in total. The van der Waals surface area contributed by atoms with Crippen molar-refractivity contribution < 1.29 is 9.59 Å². The number of benzene rings is 4. The fraction of sp³-hybridized carbons (Fsp3) is 0. The van der Waals surface area contributed by atoms with Gasteiger partial charge in [0.15, 0.2) is 0 Å². The van der Waals surface area contributed by atoms with E-state index in [-0.39, 0.29) is 11.8 Å². The molecule has 4 aromatic carbocycles. The predicted molar refractivity (Wildman–Crippen MR) is 132 cm³/mol. The molecule has 0 spiro atoms. The van der Waals surface area contributed by atoms with Crippen LogP contribution in [0.4, 0.5) is 11.4 Å². The van der Waals surface area contributed by atoms with Crippen LogP contribution in [0.3, 0.4) is 0 Å². The van der Waals surface area contributed by atoms with E-state index in [1.54, 1.807) is 0 Å². The monoisotopic (exact) mass is 652 g/mol. The number of nitrogens with one attached hydrogen (secondary N) is 2. The Morgan fingerprint density at radius 1 is 0.469 bits per heavy atom. The van der Waals surface area contributed by atoms with Crippen molar-refractivity contribution in [2.75, 3.05) is 10.6 Å². The second-order valence-electron chi connectivity index (χ2n) is 6.80. The molecular weight excluding hydrogens is 627 g/mol. The normalized spacial score (nSPS) is 10.4. The van der Waals surface area contributed by atoms with Gasteiger partial charge in [-0.2, -0.15) is 0 Å². The van der Waals surface area contributed by atoms with E-state index in [9.17, 15) is 9.59 Å². The summed E-state index contributed by atoms with van der Waals surface area (Å²) in [6, 6.07) is 34.6. The Hall–Kier alpha value is -2.60. The Bertz CT molecular complexity index is 1120. The fourth-order valence-electron chi connectivity index (χ4n) is 2.94. The van der Waals surface area contributed by atoms with Crippen molar-refractivity contribution in [3.05, 3.63) is 120 Å². The first-order valence-corrected chi connectivity index (χ1v) is 19.6. The summed E-state index contributed by atoms with van der Waals surface area (Å²) in [6.45, 7) is 0. The molecule has 32 heavy (non-hydrogen) atoms. The van der Waals surface area contributed by atoms with Crippen LogP contribution in [0.1, 0.15) is 20.7 Å². The molecule has 0 bridgehead atoms. The molecule has 0 radical (unpaired) electrons. The predicted octanol–water partition coefficient (Wildman–Crippen LogP) is 3.47. The standard InChI is InChI=1S/C26H20N2O2Te2/c29-25(19-11-3-1-4-12-19)27-21-15-7-9-17-23(21)31-32-24-18-10-8-16-22(24)28-26(30)20-13-5-2-6-14-20/h1-18H,(H,27,29)(H,28,30). The van der Waals surface area contributed by atoms with E-state index in [2.05, 4.69) is 22.8 Å². The molecule has 0 saturated carbocycles. The first-order chi connectivity index (χ1) is 15.7. The van der Waals surface area contributed by atoms with E-state index < -0.39 is 34.1 Å². The minimum absolute atomic E-state index is 0.0957. The third-order valence-electron chi connectivity index (χ3n) is 4.56. The summed E-state index contributed by atoms with van der Waals surface area (Å²) in [7, 11) is 0. The number of anilines is 2. The van der Waals surface area contributed by atoms with Gasteiger partial charge in [-0.05, 0) is 0 Å². The van der Waals surface area contributed by atoms with Gasteiger partial charge in [-0.3, -0.25) is 0 Å². The fourth-order valence-corrected chi connectivity index (χ4v) is 14.4. The Kier molecular flexibility index (Phi) is 7.99. The SMILES string of the molecule is O=C(Nc1ccccc1[Te][Te]c1ccccc1NC(=O)c1ccccc1)c1ccccc1. The Balaban J connectivity index is 1.47. The van der Waals surface area contributed by atoms with Crippen LogP contribution in [0, 0.1) is 0 Å². The van der Waals surface area contributed by atoms with Gasteiger partial charge in [0.2, 0.25) is 0 Å². The van der Waals surface area contributed by atoms with Crippen LogP contribution < -0.4 is 17.9 Å². The summed E-state index contributed by atoms with van der Waals surface area (Å²) in [4.78, 5) is 25.2. The summed E-state index contributed by atoms with van der Waals surface area (Å²) < 4.78 is 2.46. The first kappa shape index (κ1) is 22.6. The van der Waals surface area contributed by atoms with Gasteiger partial charge in [0, 0.05) is 0 Å². The van der Waals surface area contributed by atoms with Gasteiger partial charge in [-0.25, -0.2) is 0 Å². The molecule has 0 unspecified atom stereocenters. The van der Waals surface area contributed by atoms with Crippen LogP contribution in [0.25, 0.3) is 0 Å². The first-order valence-electron chi connectivity index (χ1n) is 9.96. The maximum atomic E-state index is 12.6. The molecule has 158 valence electrons. The van der Waals surface area contributed by atoms with E-state index in [1.165, 1.54) is 7.22 Å². The number of hydrogen-bond donors (Lipinski definition) is 2. The minimum atomic E-state index is -0.521. The van der Waals surface area contributed by atoms with Gasteiger partial charge in [0.25, 0.3) is 0 Å². The molecule has 2 amide bonds. The van der Waals surface area contributed by atoms with Crippen molar-refractivity contribution in [3.8, 4) is 0 Å². The number of carbonyl (C=O) groups excluding carboxylic acids is 2. The third kappa shape index (κ3) is 6.00. The molecule has 4 nitrogen and oxygen atoms in total. The summed E-state index contributed by atoms with van der Waals surface area (Å²) in [5, 5.41) is 6.15. The van der Waals surface area contributed by atoms with Crippen molar-refractivity contribution >= 4 is 64.5 Å². The molecular formula is C26H20N2O2Te2. The Labute approximate surface area is 203 Å². The maximum absolute atomic E-state index is 12.6. The van der Waals surface area contributed by atoms with E-state index in [0.29, 0.717) is 11.1 Å². The van der Waals surface area contributed by atoms with Crippen LogP contribution >= 0.6 is 0 Å². The quantitative estimate of drug-likeness (QED) is 0.302. The molecule has 0 aliphatic rings. The second-order valence-corrected chi connectivity index (χ2v) is 16.6. The topological polar surface area (TPSA) is 58.2 Å². The van der Waals surface area contributed by atoms with Crippen LogP contribution in [-0.2, 0) is 0 Å². The molecule has 0 atom stereocenters. The molecule has 0 aromatic heterocycles. The number of carbonyl (C=O) groups is 2. The van der Waals surface area contributed by atoms with Crippen LogP contribution in [-0.4, -0.2) is 45.9 Å². The van der Waals surface area contributed by atoms with Crippen molar-refractivity contribution in [1.82, 2.24) is 0 Å². The molecule has 0 fully saturated rings. The van der Waals surface area contributed by atoms with Gasteiger partial charge < -0.3 is 0 Å². The number of rotatable bonds is 7. The number of hydrogen-bond acceptors (Lipinski definition) is 2. The summed E-state index contributed by atoms with van der Waals surface area (Å²) in [5.74, 6) is -0.191. The Morgan fingerprint density at radius 3 is 1.22 bits per heavy atom. The molecule has 4 rings (SSSR count). The molecule has 4 aromatic rings. The van der Waals surface area contributed by atoms with Gasteiger partial charge in [-0.1, -0.05) is 0 Å². The van der Waals surface area contributed by atoms with E-state index in [4.69, 9.17) is 0 Å². The van der Waals surface area contributed by atoms with E-state index in [0.717, 1.165) is 11.4 Å². The van der Waals surface area contributed by atoms with Crippen molar-refractivity contribution in [2.24, 2.45) is 0 Å². The molecule has 0 saturated heterocycles. The average Bonchev–Trinajstić information content (AvgIpc) is 2.85. The zero-order chi connectivity index (χ0) is 22.2. The van der Waals surface area contributed by atoms with E-state index >= 15 is 0 Å². The van der Waals surface area contributed by atoms with Crippen LogP contribution in [0.5, 0.6) is 0 Å². The van der Waals surface area contributed by atoms with Gasteiger partial charge >= 0.3 is 205 Å². The molecule has 0 aliphatic heterocycles. The van der Waals surface area contributed by atoms with Crippen molar-refractivity contribution in [3.63, 3.8) is 0 Å². The van der Waals surface area contributed by atoms with Crippen LogP contribution in [0.2, 0.25) is 0 Å². The average molecular weight is 648 g/mol.